The molecule has 40 heavy (non-hydrogen) atoms. The van der Waals surface area contributed by atoms with E-state index in [1.54, 1.807) is 6.92 Å². The fourth-order valence-corrected chi connectivity index (χ4v) is 6.60. The Hall–Kier alpha value is -3.88. The van der Waals surface area contributed by atoms with Gasteiger partial charge in [-0.1, -0.05) is 76.1 Å². The van der Waals surface area contributed by atoms with E-state index < -0.39 is 11.0 Å². The van der Waals surface area contributed by atoms with Crippen molar-refractivity contribution in [3.63, 3.8) is 0 Å². The molecule has 6 rings (SSSR count). The predicted octanol–water partition coefficient (Wildman–Crippen LogP) is 7.58. The van der Waals surface area contributed by atoms with Crippen LogP contribution in [0.15, 0.2) is 112 Å². The molecule has 4 aromatic rings. The second-order valence-corrected chi connectivity index (χ2v) is 11.7. The van der Waals surface area contributed by atoms with Gasteiger partial charge in [0.25, 0.3) is 0 Å². The maximum Gasteiger partial charge on any atom is 0.365 e. The Bertz CT molecular complexity index is 1660. The first-order valence-electron chi connectivity index (χ1n) is 13.0. The highest BCUT2D eigenvalue weighted by molar-refractivity contribution is 9.10. The van der Waals surface area contributed by atoms with Crippen molar-refractivity contribution in [3.05, 3.63) is 129 Å². The summed E-state index contributed by atoms with van der Waals surface area (Å²) in [6, 6.07) is 32.6. The second kappa shape index (κ2) is 10.6. The molecular formula is C32H27BrN4O2S. The number of fused-ring (bicyclic) bond motifs is 2. The number of anilines is 2. The number of aryl methyl sites for hydroxylation is 2. The molecule has 6 nitrogen and oxygen atoms in total. The number of thioether (sulfide) groups is 1. The molecule has 2 aliphatic rings. The lowest BCUT2D eigenvalue weighted by atomic mass is 9.90. The first-order valence-corrected chi connectivity index (χ1v) is 14.6. The molecule has 8 heteroatoms. The van der Waals surface area contributed by atoms with Gasteiger partial charge in [0.2, 0.25) is 10.0 Å². The molecule has 200 valence electrons. The van der Waals surface area contributed by atoms with Gasteiger partial charge in [-0.3, -0.25) is 0 Å². The molecule has 2 aliphatic heterocycles. The Morgan fingerprint density at radius 2 is 1.52 bits per heavy atom. The standard InChI is InChI=1S/C32H27BrN4O2S/c1-4-39-31(38)30-35-37(25-18-16-23(33)17-19-25)32(40-30)28-13-9-8-12-26(28)29(27-20-21(2)14-15-22(27)3)34-36(32)24-10-6-5-7-11-24/h5-20H,4H2,1-3H3/t32-/m0/s1. The van der Waals surface area contributed by atoms with E-state index in [4.69, 9.17) is 14.9 Å². The number of para-hydroxylation sites is 1. The van der Waals surface area contributed by atoms with Crippen molar-refractivity contribution in [3.8, 4) is 0 Å². The van der Waals surface area contributed by atoms with E-state index in [0.29, 0.717) is 0 Å². The average molecular weight is 612 g/mol. The van der Waals surface area contributed by atoms with Crippen LogP contribution < -0.4 is 10.0 Å². The molecule has 0 bridgehead atoms. The van der Waals surface area contributed by atoms with Crippen molar-refractivity contribution in [2.24, 2.45) is 10.2 Å². The number of carbonyl (C=O) groups excluding carboxylic acids is 1. The Balaban J connectivity index is 1.66. The highest BCUT2D eigenvalue weighted by atomic mass is 79.9. The van der Waals surface area contributed by atoms with E-state index in [1.165, 1.54) is 11.8 Å². The van der Waals surface area contributed by atoms with Gasteiger partial charge in [-0.15, -0.1) is 0 Å². The van der Waals surface area contributed by atoms with Gasteiger partial charge in [0.05, 0.1) is 23.7 Å². The summed E-state index contributed by atoms with van der Waals surface area (Å²) in [7, 11) is 0. The summed E-state index contributed by atoms with van der Waals surface area (Å²) in [5.74, 6) is -0.457. The molecule has 1 atom stereocenters. The number of hydrogen-bond donors (Lipinski definition) is 0. The molecule has 2 heterocycles. The smallest absolute Gasteiger partial charge is 0.365 e. The number of hydrogen-bond acceptors (Lipinski definition) is 7. The van der Waals surface area contributed by atoms with Crippen LogP contribution >= 0.6 is 27.7 Å². The van der Waals surface area contributed by atoms with Gasteiger partial charge < -0.3 is 4.74 Å². The molecule has 1 spiro atoms. The largest absolute Gasteiger partial charge is 0.461 e. The van der Waals surface area contributed by atoms with Crippen LogP contribution in [0.25, 0.3) is 0 Å². The van der Waals surface area contributed by atoms with Crippen LogP contribution in [0.2, 0.25) is 0 Å². The SMILES string of the molecule is CCOC(=O)C1=NN(c2ccc(Br)cc2)[C@]2(S1)c1ccccc1C(c1cc(C)ccc1C)=NN2c1ccccc1. The summed E-state index contributed by atoms with van der Waals surface area (Å²) >= 11 is 4.90. The molecule has 0 aliphatic carbocycles. The van der Waals surface area contributed by atoms with E-state index in [-0.39, 0.29) is 11.7 Å². The molecule has 0 N–H and O–H groups in total. The molecule has 0 amide bonds. The third-order valence-corrected chi connectivity index (χ3v) is 8.73. The first-order chi connectivity index (χ1) is 19.4. The molecule has 0 unspecified atom stereocenters. The Morgan fingerprint density at radius 3 is 2.27 bits per heavy atom. The molecule has 0 saturated heterocycles. The van der Waals surface area contributed by atoms with Crippen molar-refractivity contribution in [2.75, 3.05) is 16.6 Å². The highest BCUT2D eigenvalue weighted by Crippen LogP contribution is 2.55. The molecule has 0 fully saturated rings. The molecular weight excluding hydrogens is 584 g/mol. The second-order valence-electron chi connectivity index (χ2n) is 9.58. The fraction of sp³-hybridized carbons (Fsp3) is 0.156. The summed E-state index contributed by atoms with van der Waals surface area (Å²) in [4.78, 5) is 12.1. The van der Waals surface area contributed by atoms with Gasteiger partial charge in [0, 0.05) is 21.2 Å². The number of benzene rings is 4. The minimum absolute atomic E-state index is 0.262. The topological polar surface area (TPSA) is 57.5 Å². The zero-order chi connectivity index (χ0) is 27.9. The summed E-state index contributed by atoms with van der Waals surface area (Å²) in [6.45, 7) is 6.26. The van der Waals surface area contributed by atoms with Crippen molar-refractivity contribution in [1.29, 1.82) is 0 Å². The summed E-state index contributed by atoms with van der Waals surface area (Å²) in [5, 5.41) is 14.4. The quantitative estimate of drug-likeness (QED) is 0.218. The van der Waals surface area contributed by atoms with Crippen LogP contribution in [-0.2, 0) is 14.5 Å². The molecule has 0 radical (unpaired) electrons. The van der Waals surface area contributed by atoms with Gasteiger partial charge in [0.1, 0.15) is 0 Å². The van der Waals surface area contributed by atoms with Crippen LogP contribution in [0.3, 0.4) is 0 Å². The third kappa shape index (κ3) is 4.41. The minimum atomic E-state index is -1.03. The van der Waals surface area contributed by atoms with Gasteiger partial charge in [-0.05, 0) is 80.6 Å². The van der Waals surface area contributed by atoms with E-state index in [2.05, 4.69) is 60.1 Å². The van der Waals surface area contributed by atoms with E-state index in [9.17, 15) is 4.79 Å². The summed E-state index contributed by atoms with van der Waals surface area (Å²) in [6.07, 6.45) is 0. The van der Waals surface area contributed by atoms with Crippen molar-refractivity contribution >= 4 is 55.8 Å². The van der Waals surface area contributed by atoms with Crippen LogP contribution in [-0.4, -0.2) is 23.3 Å². The number of carbonyl (C=O) groups is 1. The number of hydrazone groups is 2. The van der Waals surface area contributed by atoms with Crippen LogP contribution in [0.4, 0.5) is 11.4 Å². The number of rotatable bonds is 5. The van der Waals surface area contributed by atoms with Crippen molar-refractivity contribution in [2.45, 2.75) is 25.8 Å². The van der Waals surface area contributed by atoms with Crippen LogP contribution in [0.1, 0.15) is 34.7 Å². The maximum absolute atomic E-state index is 13.2. The van der Waals surface area contributed by atoms with E-state index >= 15 is 0 Å². The normalized spacial score (nSPS) is 17.9. The van der Waals surface area contributed by atoms with Crippen LogP contribution in [0.5, 0.6) is 0 Å². The summed E-state index contributed by atoms with van der Waals surface area (Å²) < 4.78 is 6.38. The Kier molecular flexibility index (Phi) is 6.98. The predicted molar refractivity (Wildman–Crippen MR) is 167 cm³/mol. The van der Waals surface area contributed by atoms with Crippen LogP contribution in [0, 0.1) is 13.8 Å². The Morgan fingerprint density at radius 1 is 0.850 bits per heavy atom. The van der Waals surface area contributed by atoms with Crippen molar-refractivity contribution < 1.29 is 9.53 Å². The number of nitrogens with zero attached hydrogens (tertiary/aromatic N) is 4. The lowest BCUT2D eigenvalue weighted by Crippen LogP contribution is -2.54. The lowest BCUT2D eigenvalue weighted by Gasteiger charge is -2.47. The molecule has 0 aromatic heterocycles. The number of ether oxygens (including phenoxy) is 1. The number of halogens is 1. The zero-order valence-corrected chi connectivity index (χ0v) is 24.7. The Labute approximate surface area is 246 Å². The number of esters is 1. The van der Waals surface area contributed by atoms with Gasteiger partial charge in [-0.2, -0.15) is 10.2 Å². The minimum Gasteiger partial charge on any atom is -0.461 e. The van der Waals surface area contributed by atoms with Gasteiger partial charge >= 0.3 is 5.97 Å². The van der Waals surface area contributed by atoms with E-state index in [1.807, 2.05) is 76.7 Å². The van der Waals surface area contributed by atoms with E-state index in [0.717, 1.165) is 49.4 Å². The monoisotopic (exact) mass is 610 g/mol. The fourth-order valence-electron chi connectivity index (χ4n) is 5.05. The average Bonchev–Trinajstić information content (AvgIpc) is 3.37. The first kappa shape index (κ1) is 26.3. The zero-order valence-electron chi connectivity index (χ0n) is 22.3. The highest BCUT2D eigenvalue weighted by Gasteiger charge is 2.56. The van der Waals surface area contributed by atoms with Gasteiger partial charge in [0.15, 0.2) is 0 Å². The maximum atomic E-state index is 13.2. The molecule has 4 aromatic carbocycles. The molecule has 0 saturated carbocycles. The third-order valence-electron chi connectivity index (χ3n) is 6.91. The van der Waals surface area contributed by atoms with Gasteiger partial charge in [-0.25, -0.2) is 14.8 Å². The van der Waals surface area contributed by atoms with Crippen molar-refractivity contribution in [1.82, 2.24) is 0 Å². The summed E-state index contributed by atoms with van der Waals surface area (Å²) in [5.41, 5.74) is 7.87. The lowest BCUT2D eigenvalue weighted by molar-refractivity contribution is -0.134.